The lowest BCUT2D eigenvalue weighted by atomic mass is 9.79. The number of allylic oxidation sites excluding steroid dienone is 1. The van der Waals surface area contributed by atoms with Gasteiger partial charge in [0.25, 0.3) is 0 Å². The van der Waals surface area contributed by atoms with Gasteiger partial charge in [-0.3, -0.25) is 0 Å². The molecule has 0 aliphatic carbocycles. The highest BCUT2D eigenvalue weighted by atomic mass is 16.5. The fourth-order valence-corrected chi connectivity index (χ4v) is 1.94. The van der Waals surface area contributed by atoms with Crippen molar-refractivity contribution in [3.8, 4) is 5.75 Å². The summed E-state index contributed by atoms with van der Waals surface area (Å²) in [6, 6.07) is 6.45. The molecule has 0 unspecified atom stereocenters. The van der Waals surface area contributed by atoms with E-state index in [1.54, 1.807) is 7.11 Å². The van der Waals surface area contributed by atoms with Crippen LogP contribution in [-0.4, -0.2) is 7.11 Å². The zero-order valence-corrected chi connectivity index (χ0v) is 20.8. The smallest absolute Gasteiger partial charge is 0.126 e. The van der Waals surface area contributed by atoms with Crippen LogP contribution in [-0.2, 0) is 10.8 Å². The van der Waals surface area contributed by atoms with Crippen LogP contribution in [0.1, 0.15) is 108 Å². The van der Waals surface area contributed by atoms with E-state index >= 15 is 0 Å². The van der Waals surface area contributed by atoms with Gasteiger partial charge in [0.1, 0.15) is 5.75 Å². The molecule has 0 bridgehead atoms. The maximum atomic E-state index is 5.63. The Hall–Kier alpha value is -1.24. The number of hydrogen-bond donors (Lipinski definition) is 0. The number of ether oxygens (including phenoxy) is 1. The lowest BCUT2D eigenvalue weighted by Crippen LogP contribution is -2.18. The Morgan fingerprint density at radius 3 is 1.12 bits per heavy atom. The summed E-state index contributed by atoms with van der Waals surface area (Å²) in [6.07, 6.45) is 0. The van der Waals surface area contributed by atoms with Crippen LogP contribution in [0.2, 0.25) is 0 Å². The zero-order chi connectivity index (χ0) is 22.1. The van der Waals surface area contributed by atoms with Crippen molar-refractivity contribution in [3.63, 3.8) is 0 Å². The van der Waals surface area contributed by atoms with Crippen LogP contribution in [0.4, 0.5) is 0 Å². The number of hydrogen-bond acceptors (Lipinski definition) is 1. The largest absolute Gasteiger partial charge is 0.496 e. The Morgan fingerprint density at radius 1 is 0.731 bits per heavy atom. The molecule has 1 aromatic carbocycles. The highest BCUT2D eigenvalue weighted by Crippen LogP contribution is 2.39. The van der Waals surface area contributed by atoms with E-state index < -0.39 is 0 Å². The first-order valence-electron chi connectivity index (χ1n) is 10.2. The summed E-state index contributed by atoms with van der Waals surface area (Å²) in [5.41, 5.74) is 3.96. The van der Waals surface area contributed by atoms with Gasteiger partial charge in [-0.1, -0.05) is 107 Å². The van der Waals surface area contributed by atoms with Crippen LogP contribution < -0.4 is 4.74 Å². The minimum absolute atomic E-state index is 0.118. The van der Waals surface area contributed by atoms with Gasteiger partial charge < -0.3 is 4.74 Å². The Balaban J connectivity index is -0.000000205. The van der Waals surface area contributed by atoms with Gasteiger partial charge in [-0.2, -0.15) is 0 Å². The Morgan fingerprint density at radius 2 is 0.962 bits per heavy atom. The lowest BCUT2D eigenvalue weighted by Gasteiger charge is -2.28. The van der Waals surface area contributed by atoms with E-state index in [2.05, 4.69) is 66.3 Å². The minimum atomic E-state index is 0.118. The third kappa shape index (κ3) is 15.0. The molecular formula is C25H50O. The van der Waals surface area contributed by atoms with Gasteiger partial charge in [0.15, 0.2) is 0 Å². The molecule has 26 heavy (non-hydrogen) atoms. The van der Waals surface area contributed by atoms with Gasteiger partial charge in [-0.05, 0) is 35.8 Å². The standard InChI is InChI=1S/C15H24O.C4H8.3C2H6/c1-14(2,3)11-9-8-10-12(13(11)16-7)15(4,5)6;1-4(2)3;3*1-2/h8-10H,1-7H3;1H2,2-3H3;3*1-2H3. The first kappa shape index (κ1) is 32.4. The predicted molar refractivity (Wildman–Crippen MR) is 125 cm³/mol. The van der Waals surface area contributed by atoms with Crippen LogP contribution in [0.25, 0.3) is 0 Å². The fourth-order valence-electron chi connectivity index (χ4n) is 1.94. The van der Waals surface area contributed by atoms with Crippen molar-refractivity contribution in [2.24, 2.45) is 0 Å². The van der Waals surface area contributed by atoms with Crippen molar-refractivity contribution in [1.29, 1.82) is 0 Å². The van der Waals surface area contributed by atoms with E-state index in [0.717, 1.165) is 5.75 Å². The molecule has 0 amide bonds. The second kappa shape index (κ2) is 17.2. The summed E-state index contributed by atoms with van der Waals surface area (Å²) < 4.78 is 5.63. The third-order valence-corrected chi connectivity index (χ3v) is 2.84. The van der Waals surface area contributed by atoms with Crippen LogP contribution in [0.15, 0.2) is 30.4 Å². The van der Waals surface area contributed by atoms with Gasteiger partial charge >= 0.3 is 0 Å². The molecule has 1 aromatic rings. The van der Waals surface area contributed by atoms with Crippen LogP contribution >= 0.6 is 0 Å². The molecule has 156 valence electrons. The van der Waals surface area contributed by atoms with Gasteiger partial charge in [-0.15, -0.1) is 6.58 Å². The highest BCUT2D eigenvalue weighted by Gasteiger charge is 2.25. The van der Waals surface area contributed by atoms with Crippen molar-refractivity contribution < 1.29 is 4.74 Å². The molecule has 0 atom stereocenters. The Labute approximate surface area is 167 Å². The first-order chi connectivity index (χ1) is 11.9. The quantitative estimate of drug-likeness (QED) is 0.451. The first-order valence-corrected chi connectivity index (χ1v) is 10.2. The fraction of sp³-hybridized carbons (Fsp3) is 0.680. The summed E-state index contributed by atoms with van der Waals surface area (Å²) in [6.45, 7) is 32.8. The summed E-state index contributed by atoms with van der Waals surface area (Å²) >= 11 is 0. The summed E-state index contributed by atoms with van der Waals surface area (Å²) in [5.74, 6) is 1.04. The number of rotatable bonds is 1. The van der Waals surface area contributed by atoms with Gasteiger partial charge in [0.2, 0.25) is 0 Å². The molecule has 0 aliphatic heterocycles. The van der Waals surface area contributed by atoms with E-state index in [1.807, 2.05) is 55.4 Å². The van der Waals surface area contributed by atoms with Crippen molar-refractivity contribution in [2.75, 3.05) is 7.11 Å². The predicted octanol–water partition coefficient (Wildman–Crippen LogP) is 8.95. The molecule has 0 aromatic heterocycles. The second-order valence-electron chi connectivity index (χ2n) is 7.59. The molecule has 0 radical (unpaired) electrons. The van der Waals surface area contributed by atoms with Crippen molar-refractivity contribution in [1.82, 2.24) is 0 Å². The van der Waals surface area contributed by atoms with Crippen molar-refractivity contribution >= 4 is 0 Å². The maximum Gasteiger partial charge on any atom is 0.126 e. The molecule has 0 spiro atoms. The molecular weight excluding hydrogens is 316 g/mol. The molecule has 1 rings (SSSR count). The van der Waals surface area contributed by atoms with Crippen LogP contribution in [0.5, 0.6) is 5.75 Å². The van der Waals surface area contributed by atoms with Gasteiger partial charge in [-0.25, -0.2) is 0 Å². The molecule has 0 heterocycles. The molecule has 0 saturated heterocycles. The molecule has 1 heteroatoms. The van der Waals surface area contributed by atoms with Gasteiger partial charge in [0.05, 0.1) is 7.11 Å². The molecule has 0 N–H and O–H groups in total. The number of methoxy groups -OCH3 is 1. The topological polar surface area (TPSA) is 9.23 Å². The number of para-hydroxylation sites is 1. The van der Waals surface area contributed by atoms with E-state index in [0.29, 0.717) is 0 Å². The molecule has 0 saturated carbocycles. The lowest BCUT2D eigenvalue weighted by molar-refractivity contribution is 0.381. The van der Waals surface area contributed by atoms with Gasteiger partial charge in [0, 0.05) is 0 Å². The van der Waals surface area contributed by atoms with Crippen molar-refractivity contribution in [2.45, 2.75) is 108 Å². The summed E-state index contributed by atoms with van der Waals surface area (Å²) in [5, 5.41) is 0. The molecule has 0 fully saturated rings. The highest BCUT2D eigenvalue weighted by molar-refractivity contribution is 5.48. The summed E-state index contributed by atoms with van der Waals surface area (Å²) in [7, 11) is 1.76. The number of benzene rings is 1. The minimum Gasteiger partial charge on any atom is -0.496 e. The zero-order valence-electron chi connectivity index (χ0n) is 20.8. The monoisotopic (exact) mass is 366 g/mol. The van der Waals surface area contributed by atoms with E-state index in [-0.39, 0.29) is 10.8 Å². The molecule has 1 nitrogen and oxygen atoms in total. The van der Waals surface area contributed by atoms with Crippen LogP contribution in [0.3, 0.4) is 0 Å². The van der Waals surface area contributed by atoms with Crippen LogP contribution in [0, 0.1) is 0 Å². The SMILES string of the molecule is C=C(C)C.CC.CC.CC.COc1c(C(C)(C)C)cccc1C(C)(C)C. The second-order valence-corrected chi connectivity index (χ2v) is 7.59. The van der Waals surface area contributed by atoms with E-state index in [1.165, 1.54) is 16.7 Å². The average molecular weight is 367 g/mol. The Kier molecular flexibility index (Phi) is 21.4. The van der Waals surface area contributed by atoms with E-state index in [9.17, 15) is 0 Å². The van der Waals surface area contributed by atoms with E-state index in [4.69, 9.17) is 4.74 Å². The van der Waals surface area contributed by atoms with Crippen molar-refractivity contribution in [3.05, 3.63) is 41.5 Å². The summed E-state index contributed by atoms with van der Waals surface area (Å²) in [4.78, 5) is 0. The third-order valence-electron chi connectivity index (χ3n) is 2.84. The molecule has 0 aliphatic rings. The Bertz CT molecular complexity index is 406. The maximum absolute atomic E-state index is 5.63. The normalized spacial score (nSPS) is 9.50. The average Bonchev–Trinajstić information content (AvgIpc) is 2.57.